The average molecular weight is 320 g/mol. The van der Waals surface area contributed by atoms with Crippen molar-refractivity contribution in [3.8, 4) is 0 Å². The molecule has 0 bridgehead atoms. The smallest absolute Gasteiger partial charge is 0.243 e. The second-order valence-corrected chi connectivity index (χ2v) is 6.09. The molecule has 0 aliphatic rings. The van der Waals surface area contributed by atoms with Gasteiger partial charge < -0.3 is 20.0 Å². The Labute approximate surface area is 139 Å². The zero-order chi connectivity index (χ0) is 17.4. The maximum Gasteiger partial charge on any atom is 0.243 e. The first-order chi connectivity index (χ1) is 10.8. The molecule has 0 aromatic heterocycles. The molecule has 6 nitrogen and oxygen atoms in total. The van der Waals surface area contributed by atoms with Crippen LogP contribution in [0.4, 0.5) is 11.4 Å². The van der Waals surface area contributed by atoms with Crippen molar-refractivity contribution in [3.63, 3.8) is 0 Å². The number of hydrogen-bond acceptors (Lipinski definition) is 4. The molecule has 0 saturated carbocycles. The molecule has 128 valence electrons. The minimum Gasteiger partial charge on any atom is -0.378 e. The Morgan fingerprint density at radius 2 is 1.61 bits per heavy atom. The van der Waals surface area contributed by atoms with Crippen LogP contribution in [0.15, 0.2) is 24.3 Å². The standard InChI is InChI=1S/C17H28N4O2/c1-14(22)21(12-6-11-19(2)3)13-17(23)18-15-7-9-16(10-8-15)20(4)5/h7-10H,6,11-13H2,1-5H3,(H,18,23). The van der Waals surface area contributed by atoms with E-state index in [-0.39, 0.29) is 18.4 Å². The Morgan fingerprint density at radius 1 is 1.00 bits per heavy atom. The summed E-state index contributed by atoms with van der Waals surface area (Å²) in [5, 5.41) is 2.83. The van der Waals surface area contributed by atoms with E-state index in [1.54, 1.807) is 4.90 Å². The normalized spacial score (nSPS) is 10.5. The van der Waals surface area contributed by atoms with Gasteiger partial charge in [0.2, 0.25) is 11.8 Å². The van der Waals surface area contributed by atoms with Gasteiger partial charge in [-0.25, -0.2) is 0 Å². The van der Waals surface area contributed by atoms with Crippen LogP contribution in [0.1, 0.15) is 13.3 Å². The van der Waals surface area contributed by atoms with E-state index in [9.17, 15) is 9.59 Å². The number of nitrogens with one attached hydrogen (secondary N) is 1. The third-order valence-corrected chi connectivity index (χ3v) is 3.48. The van der Waals surface area contributed by atoms with Crippen molar-refractivity contribution in [2.24, 2.45) is 0 Å². The summed E-state index contributed by atoms with van der Waals surface area (Å²) >= 11 is 0. The fraction of sp³-hybridized carbons (Fsp3) is 0.529. The van der Waals surface area contributed by atoms with Crippen LogP contribution in [0.5, 0.6) is 0 Å². The van der Waals surface area contributed by atoms with Gasteiger partial charge >= 0.3 is 0 Å². The molecule has 0 heterocycles. The van der Waals surface area contributed by atoms with Gasteiger partial charge in [-0.15, -0.1) is 0 Å². The SMILES string of the molecule is CC(=O)N(CCCN(C)C)CC(=O)Nc1ccc(N(C)C)cc1. The molecular weight excluding hydrogens is 292 g/mol. The molecule has 0 aliphatic carbocycles. The Bertz CT molecular complexity index is 512. The molecule has 23 heavy (non-hydrogen) atoms. The largest absolute Gasteiger partial charge is 0.378 e. The molecule has 0 unspecified atom stereocenters. The highest BCUT2D eigenvalue weighted by atomic mass is 16.2. The van der Waals surface area contributed by atoms with Crippen molar-refractivity contribution in [2.75, 3.05) is 58.0 Å². The fourth-order valence-electron chi connectivity index (χ4n) is 2.14. The first-order valence-electron chi connectivity index (χ1n) is 7.77. The number of benzene rings is 1. The maximum absolute atomic E-state index is 12.1. The number of amides is 2. The number of anilines is 2. The van der Waals surface area contributed by atoms with Crippen molar-refractivity contribution < 1.29 is 9.59 Å². The van der Waals surface area contributed by atoms with Crippen molar-refractivity contribution in [1.29, 1.82) is 0 Å². The van der Waals surface area contributed by atoms with E-state index in [0.717, 1.165) is 24.3 Å². The molecule has 6 heteroatoms. The van der Waals surface area contributed by atoms with Crippen LogP contribution in [-0.2, 0) is 9.59 Å². The van der Waals surface area contributed by atoms with Crippen LogP contribution < -0.4 is 10.2 Å². The molecule has 1 N–H and O–H groups in total. The molecular formula is C17H28N4O2. The summed E-state index contributed by atoms with van der Waals surface area (Å²) in [6, 6.07) is 7.60. The van der Waals surface area contributed by atoms with Gasteiger partial charge in [-0.05, 0) is 51.3 Å². The first-order valence-corrected chi connectivity index (χ1v) is 7.77. The minimum absolute atomic E-state index is 0.0815. The van der Waals surface area contributed by atoms with E-state index in [1.807, 2.05) is 57.4 Å². The lowest BCUT2D eigenvalue weighted by Crippen LogP contribution is -2.38. The topological polar surface area (TPSA) is 55.9 Å². The van der Waals surface area contributed by atoms with Gasteiger partial charge in [-0.3, -0.25) is 9.59 Å². The zero-order valence-electron chi connectivity index (χ0n) is 14.8. The fourth-order valence-corrected chi connectivity index (χ4v) is 2.14. The first kappa shape index (κ1) is 19.0. The molecule has 1 aromatic rings. The van der Waals surface area contributed by atoms with Crippen LogP contribution in [-0.4, -0.2) is 69.4 Å². The number of carbonyl (C=O) groups excluding carboxylic acids is 2. The summed E-state index contributed by atoms with van der Waals surface area (Å²) < 4.78 is 0. The van der Waals surface area contributed by atoms with Crippen LogP contribution in [0.2, 0.25) is 0 Å². The van der Waals surface area contributed by atoms with Crippen molar-refractivity contribution in [1.82, 2.24) is 9.80 Å². The summed E-state index contributed by atoms with van der Waals surface area (Å²) in [6.45, 7) is 3.05. The van der Waals surface area contributed by atoms with Crippen molar-refractivity contribution in [3.05, 3.63) is 24.3 Å². The monoisotopic (exact) mass is 320 g/mol. The van der Waals surface area contributed by atoms with Crippen LogP contribution >= 0.6 is 0 Å². The van der Waals surface area contributed by atoms with E-state index in [1.165, 1.54) is 6.92 Å². The number of rotatable bonds is 8. The van der Waals surface area contributed by atoms with E-state index < -0.39 is 0 Å². The van der Waals surface area contributed by atoms with Gasteiger partial charge in [0.25, 0.3) is 0 Å². The lowest BCUT2D eigenvalue weighted by atomic mass is 10.2. The van der Waals surface area contributed by atoms with E-state index in [4.69, 9.17) is 0 Å². The lowest BCUT2D eigenvalue weighted by molar-refractivity contribution is -0.132. The number of hydrogen-bond donors (Lipinski definition) is 1. The van der Waals surface area contributed by atoms with Gasteiger partial charge in [-0.1, -0.05) is 0 Å². The lowest BCUT2D eigenvalue weighted by Gasteiger charge is -2.21. The molecule has 0 spiro atoms. The predicted octanol–water partition coefficient (Wildman–Crippen LogP) is 1.49. The second-order valence-electron chi connectivity index (χ2n) is 6.09. The molecule has 1 aromatic carbocycles. The van der Waals surface area contributed by atoms with Gasteiger partial charge in [0.1, 0.15) is 0 Å². The number of carbonyl (C=O) groups is 2. The molecule has 0 radical (unpaired) electrons. The third kappa shape index (κ3) is 7.15. The van der Waals surface area contributed by atoms with Gasteiger partial charge in [0.05, 0.1) is 6.54 Å². The molecule has 0 saturated heterocycles. The molecule has 0 aliphatic heterocycles. The van der Waals surface area contributed by atoms with Gasteiger partial charge in [0, 0.05) is 38.9 Å². The van der Waals surface area contributed by atoms with E-state index in [0.29, 0.717) is 6.54 Å². The summed E-state index contributed by atoms with van der Waals surface area (Å²) in [4.78, 5) is 29.4. The highest BCUT2D eigenvalue weighted by Crippen LogP contribution is 2.15. The molecule has 2 amide bonds. The Morgan fingerprint density at radius 3 is 2.09 bits per heavy atom. The van der Waals surface area contributed by atoms with Gasteiger partial charge in [-0.2, -0.15) is 0 Å². The number of nitrogens with zero attached hydrogens (tertiary/aromatic N) is 3. The van der Waals surface area contributed by atoms with Crippen LogP contribution in [0.3, 0.4) is 0 Å². The Kier molecular flexibility index (Phi) is 7.54. The summed E-state index contributed by atoms with van der Waals surface area (Å²) in [5.74, 6) is -0.260. The maximum atomic E-state index is 12.1. The highest BCUT2D eigenvalue weighted by Gasteiger charge is 2.13. The molecule has 0 fully saturated rings. The minimum atomic E-state index is -0.178. The van der Waals surface area contributed by atoms with Crippen molar-refractivity contribution in [2.45, 2.75) is 13.3 Å². The van der Waals surface area contributed by atoms with Gasteiger partial charge in [0.15, 0.2) is 0 Å². The molecule has 0 atom stereocenters. The zero-order valence-corrected chi connectivity index (χ0v) is 14.8. The quantitative estimate of drug-likeness (QED) is 0.788. The average Bonchev–Trinajstić information content (AvgIpc) is 2.46. The van der Waals surface area contributed by atoms with Crippen LogP contribution in [0.25, 0.3) is 0 Å². The van der Waals surface area contributed by atoms with E-state index in [2.05, 4.69) is 10.2 Å². The summed E-state index contributed by atoms with van der Waals surface area (Å²) in [7, 11) is 7.91. The van der Waals surface area contributed by atoms with Crippen LogP contribution in [0, 0.1) is 0 Å². The summed E-state index contributed by atoms with van der Waals surface area (Å²) in [5.41, 5.74) is 1.80. The second kappa shape index (κ2) is 9.15. The Hall–Kier alpha value is -2.08. The van der Waals surface area contributed by atoms with E-state index >= 15 is 0 Å². The predicted molar refractivity (Wildman–Crippen MR) is 94.8 cm³/mol. The van der Waals surface area contributed by atoms with Crippen molar-refractivity contribution >= 4 is 23.2 Å². The summed E-state index contributed by atoms with van der Waals surface area (Å²) in [6.07, 6.45) is 0.845. The Balaban J connectivity index is 2.53. The highest BCUT2D eigenvalue weighted by molar-refractivity contribution is 5.94. The molecule has 1 rings (SSSR count). The third-order valence-electron chi connectivity index (χ3n) is 3.48.